The molecule has 0 aliphatic heterocycles. The van der Waals surface area contributed by atoms with E-state index in [1.54, 1.807) is 6.66 Å². The molecular weight excluding hydrogens is 153 g/mol. The van der Waals surface area contributed by atoms with Crippen LogP contribution in [0.1, 0.15) is 12.8 Å². The van der Waals surface area contributed by atoms with Crippen LogP contribution in [0.3, 0.4) is 0 Å². The molecule has 0 aromatic heterocycles. The van der Waals surface area contributed by atoms with Gasteiger partial charge in [0.2, 0.25) is 0 Å². The molecule has 0 rings (SSSR count). The number of hydrogen-bond donors (Lipinski definition) is 3. The van der Waals surface area contributed by atoms with Crippen molar-refractivity contribution in [2.45, 2.75) is 18.6 Å². The summed E-state index contributed by atoms with van der Waals surface area (Å²) >= 11 is 0. The van der Waals surface area contributed by atoms with E-state index in [2.05, 4.69) is 0 Å². The van der Waals surface area contributed by atoms with Crippen LogP contribution in [-0.4, -0.2) is 28.4 Å². The second-order valence-electron chi connectivity index (χ2n) is 2.07. The summed E-state index contributed by atoms with van der Waals surface area (Å²) in [7, 11) is -1.18. The third kappa shape index (κ3) is 4.68. The molecule has 0 radical (unpaired) electrons. The first-order chi connectivity index (χ1) is 4.54. The molecule has 4 N–H and O–H groups in total. The van der Waals surface area contributed by atoms with Crippen molar-refractivity contribution in [3.63, 3.8) is 0 Å². The molecule has 60 valence electrons. The van der Waals surface area contributed by atoms with E-state index in [1.807, 2.05) is 0 Å². The van der Waals surface area contributed by atoms with E-state index < -0.39 is 14.1 Å². The van der Waals surface area contributed by atoms with Gasteiger partial charge in [-0.25, -0.2) is 0 Å². The maximum absolute atomic E-state index is 10.00. The highest BCUT2D eigenvalue weighted by atomic mass is 31.1. The van der Waals surface area contributed by atoms with Gasteiger partial charge in [-0.05, 0) is 13.1 Å². The Balaban J connectivity index is 3.39. The Bertz CT molecular complexity index is 117. The van der Waals surface area contributed by atoms with Gasteiger partial charge in [0.1, 0.15) is 0 Å². The Hall–Kier alpha value is -0.180. The van der Waals surface area contributed by atoms with E-state index in [-0.39, 0.29) is 12.2 Å². The monoisotopic (exact) mass is 165 g/mol. The summed E-state index contributed by atoms with van der Waals surface area (Å²) in [4.78, 5) is 18.9. The van der Waals surface area contributed by atoms with Crippen LogP contribution in [0.25, 0.3) is 0 Å². The molecule has 0 aromatic rings. The van der Waals surface area contributed by atoms with Crippen LogP contribution in [0.4, 0.5) is 0 Å². The van der Waals surface area contributed by atoms with Crippen molar-refractivity contribution in [1.82, 2.24) is 0 Å². The van der Waals surface area contributed by atoms with Gasteiger partial charge in [0.25, 0.3) is 0 Å². The Kier molecular flexibility index (Phi) is 4.52. The van der Waals surface area contributed by atoms with Crippen molar-refractivity contribution >= 4 is 14.1 Å². The van der Waals surface area contributed by atoms with E-state index in [0.29, 0.717) is 6.42 Å². The Labute approximate surface area is 60.9 Å². The van der Waals surface area contributed by atoms with Gasteiger partial charge in [0.05, 0.1) is 0 Å². The number of nitrogens with two attached hydrogens (primary N) is 1. The third-order valence-electron chi connectivity index (χ3n) is 1.13. The van der Waals surface area contributed by atoms with Crippen LogP contribution < -0.4 is 5.73 Å². The molecule has 2 unspecified atom stereocenters. The third-order valence-corrected chi connectivity index (χ3v) is 2.35. The molecule has 0 heterocycles. The normalized spacial score (nSPS) is 16.3. The lowest BCUT2D eigenvalue weighted by molar-refractivity contribution is -0.137. The Morgan fingerprint density at radius 1 is 1.80 bits per heavy atom. The molecule has 0 bridgehead atoms. The fourth-order valence-electron chi connectivity index (χ4n) is 0.458. The van der Waals surface area contributed by atoms with Crippen molar-refractivity contribution in [3.8, 4) is 0 Å². The van der Waals surface area contributed by atoms with Gasteiger partial charge in [-0.2, -0.15) is 0 Å². The highest BCUT2D eigenvalue weighted by Crippen LogP contribution is 2.30. The van der Waals surface area contributed by atoms with Gasteiger partial charge in [0, 0.05) is 20.4 Å². The van der Waals surface area contributed by atoms with Crippen molar-refractivity contribution in [2.75, 3.05) is 6.66 Å². The highest BCUT2D eigenvalue weighted by Gasteiger charge is 2.10. The SMILES string of the molecule is CP(O)C(N)CCC(=O)O. The lowest BCUT2D eigenvalue weighted by Gasteiger charge is -2.11. The smallest absolute Gasteiger partial charge is 0.303 e. The number of carboxylic acids is 1. The average molecular weight is 165 g/mol. The first kappa shape index (κ1) is 9.82. The first-order valence-electron chi connectivity index (χ1n) is 2.93. The summed E-state index contributed by atoms with van der Waals surface area (Å²) in [5.41, 5.74) is 5.38. The molecule has 0 fully saturated rings. The van der Waals surface area contributed by atoms with Gasteiger partial charge >= 0.3 is 5.97 Å². The lowest BCUT2D eigenvalue weighted by atomic mass is 10.3. The van der Waals surface area contributed by atoms with E-state index in [1.165, 1.54) is 0 Å². The number of carbonyl (C=O) groups is 1. The van der Waals surface area contributed by atoms with Crippen molar-refractivity contribution in [2.24, 2.45) is 5.73 Å². The summed E-state index contributed by atoms with van der Waals surface area (Å²) in [6.45, 7) is 1.61. The van der Waals surface area contributed by atoms with Gasteiger partial charge in [-0.15, -0.1) is 0 Å². The minimum absolute atomic E-state index is 0.0361. The quantitative estimate of drug-likeness (QED) is 0.518. The summed E-state index contributed by atoms with van der Waals surface area (Å²) in [5.74, 6) is -1.22. The second kappa shape index (κ2) is 4.61. The summed E-state index contributed by atoms with van der Waals surface area (Å²) < 4.78 is 0. The zero-order valence-electron chi connectivity index (χ0n) is 5.82. The minimum atomic E-state index is -1.18. The molecule has 0 saturated carbocycles. The van der Waals surface area contributed by atoms with Crippen LogP contribution in [0, 0.1) is 0 Å². The molecule has 0 spiro atoms. The minimum Gasteiger partial charge on any atom is -0.481 e. The van der Waals surface area contributed by atoms with Crippen LogP contribution in [0.5, 0.6) is 0 Å². The Morgan fingerprint density at radius 3 is 2.60 bits per heavy atom. The molecule has 0 aromatic carbocycles. The molecule has 0 aliphatic carbocycles. The van der Waals surface area contributed by atoms with Crippen molar-refractivity contribution < 1.29 is 14.8 Å². The zero-order chi connectivity index (χ0) is 8.15. The molecule has 0 amide bonds. The van der Waals surface area contributed by atoms with Gasteiger partial charge in [-0.1, -0.05) is 0 Å². The molecule has 2 atom stereocenters. The number of carboxylic acid groups (broad SMARTS) is 1. The lowest BCUT2D eigenvalue weighted by Crippen LogP contribution is -2.18. The number of hydrogen-bond acceptors (Lipinski definition) is 3. The number of aliphatic carboxylic acids is 1. The van der Waals surface area contributed by atoms with E-state index in [4.69, 9.17) is 15.7 Å². The molecule has 5 heteroatoms. The van der Waals surface area contributed by atoms with Crippen LogP contribution in [0.2, 0.25) is 0 Å². The fraction of sp³-hybridized carbons (Fsp3) is 0.800. The zero-order valence-corrected chi connectivity index (χ0v) is 6.71. The topological polar surface area (TPSA) is 83.5 Å². The first-order valence-corrected chi connectivity index (χ1v) is 4.74. The van der Waals surface area contributed by atoms with E-state index >= 15 is 0 Å². The molecule has 0 aliphatic rings. The second-order valence-corrected chi connectivity index (χ2v) is 3.88. The largest absolute Gasteiger partial charge is 0.481 e. The molecule has 10 heavy (non-hydrogen) atoms. The Morgan fingerprint density at radius 2 is 2.30 bits per heavy atom. The number of rotatable bonds is 4. The van der Waals surface area contributed by atoms with Crippen LogP contribution >= 0.6 is 8.15 Å². The predicted octanol–water partition coefficient (Wildman–Crippen LogP) is 0.155. The average Bonchev–Trinajstić information content (AvgIpc) is 1.82. The summed E-state index contributed by atoms with van der Waals surface area (Å²) in [6, 6.07) is 0. The van der Waals surface area contributed by atoms with Crippen LogP contribution in [-0.2, 0) is 4.79 Å². The fourth-order valence-corrected chi connectivity index (χ4v) is 0.961. The summed E-state index contributed by atoms with van der Waals surface area (Å²) in [6.07, 6.45) is 0.391. The maximum Gasteiger partial charge on any atom is 0.303 e. The van der Waals surface area contributed by atoms with Crippen molar-refractivity contribution in [3.05, 3.63) is 0 Å². The van der Waals surface area contributed by atoms with Gasteiger partial charge < -0.3 is 15.7 Å². The highest BCUT2D eigenvalue weighted by molar-refractivity contribution is 7.51. The molecular formula is C5H12NO3P. The molecule has 4 nitrogen and oxygen atoms in total. The van der Waals surface area contributed by atoms with Gasteiger partial charge in [-0.3, -0.25) is 4.79 Å². The molecule has 0 saturated heterocycles. The predicted molar refractivity (Wildman–Crippen MR) is 39.9 cm³/mol. The van der Waals surface area contributed by atoms with Gasteiger partial charge in [0.15, 0.2) is 0 Å². The van der Waals surface area contributed by atoms with E-state index in [9.17, 15) is 4.79 Å². The summed E-state index contributed by atoms with van der Waals surface area (Å²) in [5, 5.41) is 8.21. The van der Waals surface area contributed by atoms with E-state index in [0.717, 1.165) is 0 Å². The van der Waals surface area contributed by atoms with Crippen LogP contribution in [0.15, 0.2) is 0 Å². The van der Waals surface area contributed by atoms with Crippen molar-refractivity contribution in [1.29, 1.82) is 0 Å². The standard InChI is InChI=1S/C5H12NO3P/c1-10(9)4(6)2-3-5(7)8/h4,9H,2-3,6H2,1H3,(H,7,8). The maximum atomic E-state index is 10.00.